The first-order valence-corrected chi connectivity index (χ1v) is 5.30. The molecule has 4 heteroatoms. The first-order chi connectivity index (χ1) is 7.16. The molecule has 15 heavy (non-hydrogen) atoms. The molecule has 0 aromatic rings. The Morgan fingerprint density at radius 1 is 1.53 bits per heavy atom. The van der Waals surface area contributed by atoms with E-state index in [1.807, 2.05) is 0 Å². The molecule has 4 nitrogen and oxygen atoms in total. The van der Waals surface area contributed by atoms with E-state index in [9.17, 15) is 9.59 Å². The highest BCUT2D eigenvalue weighted by Crippen LogP contribution is 2.19. The summed E-state index contributed by atoms with van der Waals surface area (Å²) in [4.78, 5) is 24.0. The Morgan fingerprint density at radius 2 is 2.27 bits per heavy atom. The zero-order valence-electron chi connectivity index (χ0n) is 8.82. The largest absolute Gasteiger partial charge is 0.480 e. The Labute approximate surface area is 89.6 Å². The molecule has 1 heterocycles. The third-order valence-electron chi connectivity index (χ3n) is 2.66. The van der Waals surface area contributed by atoms with Gasteiger partial charge in [0.25, 0.3) is 0 Å². The number of rotatable bonds is 5. The fraction of sp³-hybridized carbons (Fsp3) is 0.636. The van der Waals surface area contributed by atoms with Gasteiger partial charge in [0.05, 0.1) is 0 Å². The summed E-state index contributed by atoms with van der Waals surface area (Å²) in [7, 11) is 0. The Balaban J connectivity index is 2.43. The maximum Gasteiger partial charge on any atom is 0.326 e. The molecular weight excluding hydrogens is 194 g/mol. The normalized spacial score (nSPS) is 20.3. The fourth-order valence-corrected chi connectivity index (χ4v) is 1.86. The summed E-state index contributed by atoms with van der Waals surface area (Å²) in [5.41, 5.74) is 0. The second-order valence-electron chi connectivity index (χ2n) is 3.76. The predicted molar refractivity (Wildman–Crippen MR) is 56.4 cm³/mol. The molecular formula is C11H17NO3. The molecule has 0 spiro atoms. The van der Waals surface area contributed by atoms with Gasteiger partial charge in [-0.2, -0.15) is 0 Å². The summed E-state index contributed by atoms with van der Waals surface area (Å²) in [6.07, 6.45) is 5.14. The number of likely N-dealkylation sites (tertiary alicyclic amines) is 1. The van der Waals surface area contributed by atoms with Crippen LogP contribution in [-0.4, -0.2) is 34.5 Å². The van der Waals surface area contributed by atoms with Crippen molar-refractivity contribution in [1.29, 1.82) is 0 Å². The van der Waals surface area contributed by atoms with Gasteiger partial charge in [0, 0.05) is 13.0 Å². The van der Waals surface area contributed by atoms with Crippen molar-refractivity contribution in [3.8, 4) is 0 Å². The smallest absolute Gasteiger partial charge is 0.326 e. The number of hydrogen-bond donors (Lipinski definition) is 1. The molecule has 1 N–H and O–H groups in total. The van der Waals surface area contributed by atoms with E-state index < -0.39 is 12.0 Å². The van der Waals surface area contributed by atoms with Gasteiger partial charge in [-0.05, 0) is 25.7 Å². The number of carboxylic acids is 1. The van der Waals surface area contributed by atoms with Crippen LogP contribution in [0.15, 0.2) is 12.7 Å². The molecule has 1 saturated heterocycles. The van der Waals surface area contributed by atoms with Gasteiger partial charge in [-0.15, -0.1) is 6.58 Å². The maximum absolute atomic E-state index is 11.7. The summed E-state index contributed by atoms with van der Waals surface area (Å²) in [6.45, 7) is 4.17. The number of carboxylic acid groups (broad SMARTS) is 1. The maximum atomic E-state index is 11.7. The number of amides is 1. The number of nitrogens with zero attached hydrogens (tertiary/aromatic N) is 1. The molecule has 1 rings (SSSR count). The SMILES string of the molecule is C=CCCCC(=O)N1CCCC1C(=O)O. The molecule has 0 aromatic heterocycles. The van der Waals surface area contributed by atoms with Crippen LogP contribution in [-0.2, 0) is 9.59 Å². The lowest BCUT2D eigenvalue weighted by atomic mass is 10.2. The number of carbonyl (C=O) groups is 2. The Hall–Kier alpha value is -1.32. The summed E-state index contributed by atoms with van der Waals surface area (Å²) in [6, 6.07) is -0.596. The molecule has 84 valence electrons. The topological polar surface area (TPSA) is 57.6 Å². The summed E-state index contributed by atoms with van der Waals surface area (Å²) in [5, 5.41) is 8.89. The molecule has 0 bridgehead atoms. The lowest BCUT2D eigenvalue weighted by Gasteiger charge is -2.21. The summed E-state index contributed by atoms with van der Waals surface area (Å²) < 4.78 is 0. The van der Waals surface area contributed by atoms with E-state index in [0.29, 0.717) is 19.4 Å². The average molecular weight is 211 g/mol. The lowest BCUT2D eigenvalue weighted by Crippen LogP contribution is -2.40. The molecule has 1 unspecified atom stereocenters. The van der Waals surface area contributed by atoms with Crippen LogP contribution in [0.3, 0.4) is 0 Å². The zero-order chi connectivity index (χ0) is 11.3. The van der Waals surface area contributed by atoms with Crippen molar-refractivity contribution >= 4 is 11.9 Å². The lowest BCUT2D eigenvalue weighted by molar-refractivity contribution is -0.148. The second kappa shape index (κ2) is 5.53. The third-order valence-corrected chi connectivity index (χ3v) is 2.66. The number of allylic oxidation sites excluding steroid dienone is 1. The predicted octanol–water partition coefficient (Wildman–Crippen LogP) is 1.42. The van der Waals surface area contributed by atoms with Crippen molar-refractivity contribution in [3.05, 3.63) is 12.7 Å². The number of hydrogen-bond acceptors (Lipinski definition) is 2. The van der Waals surface area contributed by atoms with Crippen LogP contribution in [0, 0.1) is 0 Å². The molecule has 0 saturated carbocycles. The van der Waals surface area contributed by atoms with Crippen molar-refractivity contribution < 1.29 is 14.7 Å². The minimum absolute atomic E-state index is 0.0400. The third kappa shape index (κ3) is 3.08. The van der Waals surface area contributed by atoms with Crippen LogP contribution in [0.1, 0.15) is 32.1 Å². The van der Waals surface area contributed by atoms with E-state index in [1.165, 1.54) is 4.90 Å². The van der Waals surface area contributed by atoms with Crippen molar-refractivity contribution in [2.45, 2.75) is 38.1 Å². The molecule has 1 fully saturated rings. The fourth-order valence-electron chi connectivity index (χ4n) is 1.86. The molecule has 1 amide bonds. The van der Waals surface area contributed by atoms with Gasteiger partial charge in [0.1, 0.15) is 6.04 Å². The van der Waals surface area contributed by atoms with E-state index in [0.717, 1.165) is 19.3 Å². The zero-order valence-corrected chi connectivity index (χ0v) is 8.82. The summed E-state index contributed by atoms with van der Waals surface area (Å²) >= 11 is 0. The first kappa shape index (κ1) is 11.8. The van der Waals surface area contributed by atoms with E-state index in [1.54, 1.807) is 6.08 Å². The van der Waals surface area contributed by atoms with E-state index >= 15 is 0 Å². The second-order valence-corrected chi connectivity index (χ2v) is 3.76. The highest BCUT2D eigenvalue weighted by molar-refractivity contribution is 5.84. The molecule has 1 atom stereocenters. The number of unbranched alkanes of at least 4 members (excludes halogenated alkanes) is 1. The van der Waals surface area contributed by atoms with Crippen molar-refractivity contribution in [2.24, 2.45) is 0 Å². The van der Waals surface area contributed by atoms with Gasteiger partial charge in [0.2, 0.25) is 5.91 Å². The van der Waals surface area contributed by atoms with Gasteiger partial charge < -0.3 is 10.0 Å². The summed E-state index contributed by atoms with van der Waals surface area (Å²) in [5.74, 6) is -0.925. The Bertz CT molecular complexity index is 263. The average Bonchev–Trinajstić information content (AvgIpc) is 2.66. The van der Waals surface area contributed by atoms with Crippen LogP contribution >= 0.6 is 0 Å². The molecule has 1 aliphatic heterocycles. The van der Waals surface area contributed by atoms with Crippen LogP contribution in [0.4, 0.5) is 0 Å². The highest BCUT2D eigenvalue weighted by atomic mass is 16.4. The van der Waals surface area contributed by atoms with Crippen LogP contribution in [0.25, 0.3) is 0 Å². The quantitative estimate of drug-likeness (QED) is 0.552. The molecule has 0 radical (unpaired) electrons. The minimum Gasteiger partial charge on any atom is -0.480 e. The van der Waals surface area contributed by atoms with E-state index in [2.05, 4.69) is 6.58 Å². The first-order valence-electron chi connectivity index (χ1n) is 5.30. The minimum atomic E-state index is -0.885. The number of carbonyl (C=O) groups excluding carboxylic acids is 1. The van der Waals surface area contributed by atoms with Crippen LogP contribution in [0.2, 0.25) is 0 Å². The van der Waals surface area contributed by atoms with Crippen LogP contribution in [0.5, 0.6) is 0 Å². The van der Waals surface area contributed by atoms with E-state index in [-0.39, 0.29) is 5.91 Å². The standard InChI is InChI=1S/C11H17NO3/c1-2-3-4-7-10(13)12-8-5-6-9(12)11(14)15/h2,9H,1,3-8H2,(H,14,15). The van der Waals surface area contributed by atoms with E-state index in [4.69, 9.17) is 5.11 Å². The monoisotopic (exact) mass is 211 g/mol. The van der Waals surface area contributed by atoms with Gasteiger partial charge in [0.15, 0.2) is 0 Å². The number of aliphatic carboxylic acids is 1. The van der Waals surface area contributed by atoms with Crippen molar-refractivity contribution in [2.75, 3.05) is 6.54 Å². The highest BCUT2D eigenvalue weighted by Gasteiger charge is 2.33. The van der Waals surface area contributed by atoms with Gasteiger partial charge in [-0.3, -0.25) is 4.79 Å². The van der Waals surface area contributed by atoms with Gasteiger partial charge in [-0.1, -0.05) is 6.08 Å². The van der Waals surface area contributed by atoms with Crippen LogP contribution < -0.4 is 0 Å². The Morgan fingerprint density at radius 3 is 2.87 bits per heavy atom. The Kier molecular flexibility index (Phi) is 4.34. The molecule has 0 aromatic carbocycles. The molecule has 1 aliphatic rings. The molecule has 0 aliphatic carbocycles. The van der Waals surface area contributed by atoms with Crippen molar-refractivity contribution in [3.63, 3.8) is 0 Å². The van der Waals surface area contributed by atoms with Crippen molar-refractivity contribution in [1.82, 2.24) is 4.90 Å². The van der Waals surface area contributed by atoms with Gasteiger partial charge >= 0.3 is 5.97 Å². The van der Waals surface area contributed by atoms with Gasteiger partial charge in [-0.25, -0.2) is 4.79 Å².